The monoisotopic (exact) mass is 251 g/mol. The molecule has 1 saturated carbocycles. The summed E-state index contributed by atoms with van der Waals surface area (Å²) in [4.78, 5) is 4.13. The van der Waals surface area contributed by atoms with E-state index in [2.05, 4.69) is 10.3 Å². The Morgan fingerprint density at radius 3 is 2.89 bits per heavy atom. The molecule has 0 bridgehead atoms. The molecule has 1 aromatic rings. The minimum Gasteiger partial charge on any atom is -0.505 e. The van der Waals surface area contributed by atoms with E-state index in [4.69, 9.17) is 10.8 Å². The van der Waals surface area contributed by atoms with Crippen LogP contribution < -0.4 is 11.1 Å². The van der Waals surface area contributed by atoms with Gasteiger partial charge in [-0.1, -0.05) is 12.5 Å². The number of aromatic hydroxyl groups is 1. The summed E-state index contributed by atoms with van der Waals surface area (Å²) in [5, 5.41) is 12.1. The first-order chi connectivity index (χ1) is 8.65. The smallest absolute Gasteiger partial charge is 0.188 e. The molecule has 5 heteroatoms. The Hall–Kier alpha value is -1.78. The largest absolute Gasteiger partial charge is 0.505 e. The average Bonchev–Trinajstić information content (AvgIpc) is 2.29. The summed E-state index contributed by atoms with van der Waals surface area (Å²) in [6.45, 7) is 1.17. The van der Waals surface area contributed by atoms with E-state index in [1.54, 1.807) is 6.07 Å². The Balaban J connectivity index is 1.82. The zero-order valence-electron chi connectivity index (χ0n) is 10.2. The van der Waals surface area contributed by atoms with Gasteiger partial charge in [-0.3, -0.25) is 0 Å². The number of nitrogens with zero attached hydrogens (tertiary/aromatic N) is 1. The van der Waals surface area contributed by atoms with E-state index in [1.165, 1.54) is 31.4 Å². The predicted molar refractivity (Wildman–Crippen MR) is 68.7 cm³/mol. The lowest BCUT2D eigenvalue weighted by molar-refractivity contribution is 0.315. The fourth-order valence-corrected chi connectivity index (χ4v) is 1.83. The van der Waals surface area contributed by atoms with Crippen LogP contribution in [0.1, 0.15) is 24.8 Å². The third-order valence-corrected chi connectivity index (χ3v) is 3.24. The number of nitrogens with one attached hydrogen (secondary N) is 1. The molecule has 0 aliphatic heterocycles. The SMILES string of the molecule is NC(=NCc1ccc(O)c(F)c1)NCC1CCC1. The zero-order chi connectivity index (χ0) is 13.0. The number of hydrogen-bond acceptors (Lipinski definition) is 2. The highest BCUT2D eigenvalue weighted by molar-refractivity contribution is 5.77. The van der Waals surface area contributed by atoms with Crippen LogP contribution in [0.2, 0.25) is 0 Å². The summed E-state index contributed by atoms with van der Waals surface area (Å²) < 4.78 is 13.1. The summed E-state index contributed by atoms with van der Waals surface area (Å²) in [6, 6.07) is 4.21. The summed E-state index contributed by atoms with van der Waals surface area (Å²) in [6.07, 6.45) is 3.81. The molecule has 0 saturated heterocycles. The van der Waals surface area contributed by atoms with Gasteiger partial charge in [-0.05, 0) is 36.5 Å². The van der Waals surface area contributed by atoms with Crippen LogP contribution in [0.5, 0.6) is 5.75 Å². The quantitative estimate of drug-likeness (QED) is 0.564. The maximum atomic E-state index is 13.1. The highest BCUT2D eigenvalue weighted by Gasteiger charge is 2.16. The number of phenolic OH excluding ortho intramolecular Hbond substituents is 1. The second kappa shape index (κ2) is 5.71. The van der Waals surface area contributed by atoms with Gasteiger partial charge in [-0.2, -0.15) is 0 Å². The third kappa shape index (κ3) is 3.35. The molecule has 0 radical (unpaired) electrons. The summed E-state index contributed by atoms with van der Waals surface area (Å²) >= 11 is 0. The summed E-state index contributed by atoms with van der Waals surface area (Å²) in [7, 11) is 0. The Bertz CT molecular complexity index is 444. The molecule has 1 aliphatic rings. The summed E-state index contributed by atoms with van der Waals surface area (Å²) in [5.74, 6) is 0.114. The van der Waals surface area contributed by atoms with Crippen molar-refractivity contribution in [2.75, 3.05) is 6.54 Å². The molecule has 0 atom stereocenters. The van der Waals surface area contributed by atoms with E-state index in [9.17, 15) is 4.39 Å². The van der Waals surface area contributed by atoms with Crippen molar-refractivity contribution in [2.45, 2.75) is 25.8 Å². The van der Waals surface area contributed by atoms with Crippen molar-refractivity contribution in [3.05, 3.63) is 29.6 Å². The number of aliphatic imine (C=N–C) groups is 1. The second-order valence-corrected chi connectivity index (χ2v) is 4.67. The van der Waals surface area contributed by atoms with Crippen molar-refractivity contribution < 1.29 is 9.50 Å². The Morgan fingerprint density at radius 2 is 2.28 bits per heavy atom. The minimum atomic E-state index is -0.635. The van der Waals surface area contributed by atoms with E-state index in [0.29, 0.717) is 24.0 Å². The van der Waals surface area contributed by atoms with Crippen LogP contribution in [0.25, 0.3) is 0 Å². The molecule has 4 nitrogen and oxygen atoms in total. The van der Waals surface area contributed by atoms with Gasteiger partial charge in [0.2, 0.25) is 0 Å². The van der Waals surface area contributed by atoms with E-state index in [1.807, 2.05) is 0 Å². The van der Waals surface area contributed by atoms with E-state index >= 15 is 0 Å². The van der Waals surface area contributed by atoms with Crippen LogP contribution in [0.15, 0.2) is 23.2 Å². The Morgan fingerprint density at radius 1 is 1.50 bits per heavy atom. The molecule has 0 amide bonds. The number of benzene rings is 1. The first kappa shape index (κ1) is 12.7. The van der Waals surface area contributed by atoms with Crippen LogP contribution >= 0.6 is 0 Å². The normalized spacial score (nSPS) is 16.4. The molecule has 0 unspecified atom stereocenters. The van der Waals surface area contributed by atoms with Crippen molar-refractivity contribution in [1.82, 2.24) is 5.32 Å². The molecule has 1 aliphatic carbocycles. The van der Waals surface area contributed by atoms with Crippen molar-refractivity contribution in [1.29, 1.82) is 0 Å². The van der Waals surface area contributed by atoms with Crippen molar-refractivity contribution in [3.8, 4) is 5.75 Å². The van der Waals surface area contributed by atoms with Crippen LogP contribution in [-0.2, 0) is 6.54 Å². The number of guanidine groups is 1. The Kier molecular flexibility index (Phi) is 4.02. The van der Waals surface area contributed by atoms with Crippen LogP contribution in [0.3, 0.4) is 0 Å². The Labute approximate surface area is 106 Å². The summed E-state index contributed by atoms with van der Waals surface area (Å²) in [5.41, 5.74) is 6.39. The van der Waals surface area contributed by atoms with Gasteiger partial charge in [-0.15, -0.1) is 0 Å². The molecule has 98 valence electrons. The van der Waals surface area contributed by atoms with Crippen molar-refractivity contribution in [3.63, 3.8) is 0 Å². The number of nitrogens with two attached hydrogens (primary N) is 1. The maximum absolute atomic E-state index is 13.1. The lowest BCUT2D eigenvalue weighted by Crippen LogP contribution is -2.37. The van der Waals surface area contributed by atoms with E-state index in [0.717, 1.165) is 6.54 Å². The molecule has 0 spiro atoms. The highest BCUT2D eigenvalue weighted by Crippen LogP contribution is 2.25. The van der Waals surface area contributed by atoms with Crippen molar-refractivity contribution >= 4 is 5.96 Å². The first-order valence-corrected chi connectivity index (χ1v) is 6.16. The first-order valence-electron chi connectivity index (χ1n) is 6.16. The second-order valence-electron chi connectivity index (χ2n) is 4.67. The lowest BCUT2D eigenvalue weighted by Gasteiger charge is -2.25. The van der Waals surface area contributed by atoms with Gasteiger partial charge in [0.1, 0.15) is 0 Å². The molecule has 1 fully saturated rings. The minimum absolute atomic E-state index is 0.306. The van der Waals surface area contributed by atoms with Crippen LogP contribution in [0, 0.1) is 11.7 Å². The molecular weight excluding hydrogens is 233 g/mol. The molecule has 0 aromatic heterocycles. The van der Waals surface area contributed by atoms with Gasteiger partial charge in [0.05, 0.1) is 6.54 Å². The lowest BCUT2D eigenvalue weighted by atomic mass is 9.85. The average molecular weight is 251 g/mol. The number of halogens is 1. The molecular formula is C13H18FN3O. The van der Waals surface area contributed by atoms with Gasteiger partial charge in [0, 0.05) is 6.54 Å². The third-order valence-electron chi connectivity index (χ3n) is 3.24. The van der Waals surface area contributed by atoms with Crippen molar-refractivity contribution in [2.24, 2.45) is 16.6 Å². The van der Waals surface area contributed by atoms with Gasteiger partial charge >= 0.3 is 0 Å². The topological polar surface area (TPSA) is 70.6 Å². The highest BCUT2D eigenvalue weighted by atomic mass is 19.1. The number of rotatable bonds is 4. The standard InChI is InChI=1S/C13H18FN3O/c14-11-6-10(4-5-12(11)18)8-17-13(15)16-7-9-2-1-3-9/h4-6,9,18H,1-3,7-8H2,(H3,15,16,17). The maximum Gasteiger partial charge on any atom is 0.188 e. The van der Waals surface area contributed by atoms with Crippen LogP contribution in [-0.4, -0.2) is 17.6 Å². The fraction of sp³-hybridized carbons (Fsp3) is 0.462. The molecule has 0 heterocycles. The predicted octanol–water partition coefficient (Wildman–Crippen LogP) is 1.74. The van der Waals surface area contributed by atoms with Gasteiger partial charge in [0.15, 0.2) is 17.5 Å². The fourth-order valence-electron chi connectivity index (χ4n) is 1.83. The zero-order valence-corrected chi connectivity index (χ0v) is 10.2. The number of hydrogen-bond donors (Lipinski definition) is 3. The van der Waals surface area contributed by atoms with Gasteiger partial charge in [0.25, 0.3) is 0 Å². The van der Waals surface area contributed by atoms with Gasteiger partial charge < -0.3 is 16.2 Å². The van der Waals surface area contributed by atoms with E-state index in [-0.39, 0.29) is 5.75 Å². The van der Waals surface area contributed by atoms with E-state index < -0.39 is 5.82 Å². The van der Waals surface area contributed by atoms with Gasteiger partial charge in [-0.25, -0.2) is 9.38 Å². The molecule has 18 heavy (non-hydrogen) atoms. The van der Waals surface area contributed by atoms with Crippen LogP contribution in [0.4, 0.5) is 4.39 Å². The molecule has 4 N–H and O–H groups in total. The number of phenols is 1. The molecule has 1 aromatic carbocycles. The molecule has 2 rings (SSSR count).